The van der Waals surface area contributed by atoms with Crippen molar-refractivity contribution in [3.8, 4) is 5.69 Å². The SMILES string of the molecule is CC(C)c1c(C(=O)NCC2CCCC2)nn(-c2ccc(F)cc2)c1CC[C@@H](O)C[C@@H](O)CC(=O)O. The summed E-state index contributed by atoms with van der Waals surface area (Å²) in [7, 11) is 0. The first kappa shape index (κ1) is 26.8. The van der Waals surface area contributed by atoms with Gasteiger partial charge in [-0.2, -0.15) is 5.10 Å². The lowest BCUT2D eigenvalue weighted by molar-refractivity contribution is -0.139. The van der Waals surface area contributed by atoms with E-state index in [4.69, 9.17) is 5.11 Å². The predicted octanol–water partition coefficient (Wildman–Crippen LogP) is 3.57. The zero-order valence-corrected chi connectivity index (χ0v) is 20.4. The van der Waals surface area contributed by atoms with Crippen molar-refractivity contribution in [3.63, 3.8) is 0 Å². The fraction of sp³-hybridized carbons (Fsp3) is 0.577. The van der Waals surface area contributed by atoms with Gasteiger partial charge in [0, 0.05) is 17.8 Å². The van der Waals surface area contributed by atoms with Crippen LogP contribution in [0.15, 0.2) is 24.3 Å². The predicted molar refractivity (Wildman–Crippen MR) is 129 cm³/mol. The summed E-state index contributed by atoms with van der Waals surface area (Å²) in [5, 5.41) is 36.8. The number of aromatic nitrogens is 2. The lowest BCUT2D eigenvalue weighted by Crippen LogP contribution is -2.29. The van der Waals surface area contributed by atoms with Crippen LogP contribution in [-0.2, 0) is 11.2 Å². The van der Waals surface area contributed by atoms with Crippen LogP contribution in [0.3, 0.4) is 0 Å². The van der Waals surface area contributed by atoms with Gasteiger partial charge in [-0.05, 0) is 68.2 Å². The third-order valence-corrected chi connectivity index (χ3v) is 6.58. The number of carboxylic acid groups (broad SMARTS) is 1. The minimum absolute atomic E-state index is 0.0406. The van der Waals surface area contributed by atoms with E-state index in [1.165, 1.54) is 25.0 Å². The number of aliphatic hydroxyl groups excluding tert-OH is 2. The van der Waals surface area contributed by atoms with Gasteiger partial charge in [-0.25, -0.2) is 9.07 Å². The van der Waals surface area contributed by atoms with Gasteiger partial charge in [0.1, 0.15) is 5.82 Å². The number of nitrogens with zero attached hydrogens (tertiary/aromatic N) is 2. The Morgan fingerprint density at radius 3 is 2.40 bits per heavy atom. The number of hydrogen-bond acceptors (Lipinski definition) is 5. The standard InChI is InChI=1S/C26H36FN3O5/c1-16(2)24-22(12-11-20(31)13-21(32)14-23(33)34)30(19-9-7-18(27)8-10-19)29-25(24)26(35)28-15-17-5-3-4-6-17/h7-10,16-17,20-21,31-32H,3-6,11-15H2,1-2H3,(H,28,35)(H,33,34)/t20-,21-/m1/s1. The van der Waals surface area contributed by atoms with Crippen LogP contribution in [-0.4, -0.2) is 55.7 Å². The molecule has 2 atom stereocenters. The number of carbonyl (C=O) groups is 2. The van der Waals surface area contributed by atoms with Crippen molar-refractivity contribution in [1.82, 2.24) is 15.1 Å². The number of carboxylic acids is 1. The molecular formula is C26H36FN3O5. The van der Waals surface area contributed by atoms with Crippen LogP contribution >= 0.6 is 0 Å². The van der Waals surface area contributed by atoms with Gasteiger partial charge in [0.2, 0.25) is 0 Å². The Morgan fingerprint density at radius 1 is 1.14 bits per heavy atom. The average Bonchev–Trinajstić information content (AvgIpc) is 3.44. The van der Waals surface area contributed by atoms with Crippen LogP contribution in [0.5, 0.6) is 0 Å². The molecule has 0 bridgehead atoms. The van der Waals surface area contributed by atoms with Gasteiger partial charge in [0.05, 0.1) is 24.3 Å². The van der Waals surface area contributed by atoms with Crippen LogP contribution in [0, 0.1) is 11.7 Å². The first-order chi connectivity index (χ1) is 16.7. The Hall–Kier alpha value is -2.78. The molecule has 1 aromatic heterocycles. The molecule has 0 radical (unpaired) electrons. The Bertz CT molecular complexity index is 999. The van der Waals surface area contributed by atoms with E-state index in [-0.39, 0.29) is 30.5 Å². The van der Waals surface area contributed by atoms with Crippen LogP contribution in [0.1, 0.15) is 86.5 Å². The zero-order chi connectivity index (χ0) is 25.5. The first-order valence-corrected chi connectivity index (χ1v) is 12.4. The maximum Gasteiger partial charge on any atom is 0.305 e. The Kier molecular flexibility index (Phi) is 9.40. The fourth-order valence-corrected chi connectivity index (χ4v) is 4.83. The summed E-state index contributed by atoms with van der Waals surface area (Å²) in [5.74, 6) is -1.33. The molecule has 4 N–H and O–H groups in total. The summed E-state index contributed by atoms with van der Waals surface area (Å²) in [4.78, 5) is 24.0. The van der Waals surface area contributed by atoms with Gasteiger partial charge in [-0.1, -0.05) is 26.7 Å². The molecule has 1 aromatic carbocycles. The minimum Gasteiger partial charge on any atom is -0.481 e. The zero-order valence-electron chi connectivity index (χ0n) is 20.4. The van der Waals surface area contributed by atoms with E-state index in [9.17, 15) is 24.2 Å². The molecule has 8 nitrogen and oxygen atoms in total. The highest BCUT2D eigenvalue weighted by Crippen LogP contribution is 2.29. The summed E-state index contributed by atoms with van der Waals surface area (Å²) in [6, 6.07) is 5.83. The van der Waals surface area contributed by atoms with Crippen molar-refractivity contribution in [2.45, 2.75) is 83.3 Å². The van der Waals surface area contributed by atoms with Gasteiger partial charge in [0.25, 0.3) is 5.91 Å². The van der Waals surface area contributed by atoms with Gasteiger partial charge < -0.3 is 20.6 Å². The maximum absolute atomic E-state index is 13.6. The van der Waals surface area contributed by atoms with E-state index < -0.39 is 24.6 Å². The summed E-state index contributed by atoms with van der Waals surface area (Å²) in [5.41, 5.74) is 2.40. The third kappa shape index (κ3) is 7.35. The van der Waals surface area contributed by atoms with Crippen molar-refractivity contribution in [3.05, 3.63) is 47.0 Å². The lowest BCUT2D eigenvalue weighted by Gasteiger charge is -2.17. The number of carbonyl (C=O) groups excluding carboxylic acids is 1. The highest BCUT2D eigenvalue weighted by Gasteiger charge is 2.27. The molecule has 0 saturated heterocycles. The van der Waals surface area contributed by atoms with E-state index in [1.807, 2.05) is 13.8 Å². The van der Waals surface area contributed by atoms with Gasteiger partial charge in [-0.3, -0.25) is 9.59 Å². The number of amides is 1. The molecule has 1 saturated carbocycles. The number of aliphatic carboxylic acids is 1. The van der Waals surface area contributed by atoms with Crippen molar-refractivity contribution in [2.24, 2.45) is 5.92 Å². The molecule has 1 fully saturated rings. The van der Waals surface area contributed by atoms with Crippen molar-refractivity contribution in [1.29, 1.82) is 0 Å². The van der Waals surface area contributed by atoms with Crippen LogP contribution in [0.2, 0.25) is 0 Å². The first-order valence-electron chi connectivity index (χ1n) is 12.4. The molecule has 1 aliphatic rings. The maximum atomic E-state index is 13.6. The number of aliphatic hydroxyl groups is 2. The van der Waals surface area contributed by atoms with E-state index in [0.717, 1.165) is 24.1 Å². The number of rotatable bonds is 12. The molecule has 192 valence electrons. The largest absolute Gasteiger partial charge is 0.481 e. The molecule has 1 heterocycles. The topological polar surface area (TPSA) is 125 Å². The molecule has 1 aliphatic carbocycles. The number of benzene rings is 1. The number of nitrogens with one attached hydrogen (secondary N) is 1. The molecule has 2 aromatic rings. The molecular weight excluding hydrogens is 453 g/mol. The van der Waals surface area contributed by atoms with Gasteiger partial charge >= 0.3 is 5.97 Å². The van der Waals surface area contributed by atoms with Crippen LogP contribution in [0.4, 0.5) is 4.39 Å². The monoisotopic (exact) mass is 489 g/mol. The van der Waals surface area contributed by atoms with E-state index in [1.54, 1.807) is 16.8 Å². The molecule has 0 unspecified atom stereocenters. The summed E-state index contributed by atoms with van der Waals surface area (Å²) >= 11 is 0. The van der Waals surface area contributed by atoms with Crippen molar-refractivity contribution < 1.29 is 29.3 Å². The summed E-state index contributed by atoms with van der Waals surface area (Å²) in [6.07, 6.45) is 2.59. The molecule has 3 rings (SSSR count). The average molecular weight is 490 g/mol. The second kappa shape index (κ2) is 12.3. The smallest absolute Gasteiger partial charge is 0.305 e. The van der Waals surface area contributed by atoms with E-state index >= 15 is 0 Å². The van der Waals surface area contributed by atoms with Gasteiger partial charge in [0.15, 0.2) is 5.69 Å². The van der Waals surface area contributed by atoms with Crippen molar-refractivity contribution >= 4 is 11.9 Å². The lowest BCUT2D eigenvalue weighted by atomic mass is 9.95. The summed E-state index contributed by atoms with van der Waals surface area (Å²) < 4.78 is 15.2. The second-order valence-corrected chi connectivity index (χ2v) is 9.79. The van der Waals surface area contributed by atoms with E-state index in [0.29, 0.717) is 30.3 Å². The minimum atomic E-state index is -1.15. The molecule has 35 heavy (non-hydrogen) atoms. The Balaban J connectivity index is 1.87. The highest BCUT2D eigenvalue weighted by atomic mass is 19.1. The summed E-state index contributed by atoms with van der Waals surface area (Å²) in [6.45, 7) is 4.54. The van der Waals surface area contributed by atoms with E-state index in [2.05, 4.69) is 10.4 Å². The Morgan fingerprint density at radius 2 is 1.80 bits per heavy atom. The third-order valence-electron chi connectivity index (χ3n) is 6.58. The van der Waals surface area contributed by atoms with Crippen molar-refractivity contribution in [2.75, 3.05) is 6.54 Å². The fourth-order valence-electron chi connectivity index (χ4n) is 4.83. The van der Waals surface area contributed by atoms with Crippen LogP contribution in [0.25, 0.3) is 5.69 Å². The quantitative estimate of drug-likeness (QED) is 0.361. The molecule has 0 aliphatic heterocycles. The Labute approximate surface area is 205 Å². The van der Waals surface area contributed by atoms with Crippen LogP contribution < -0.4 is 5.32 Å². The molecule has 9 heteroatoms. The molecule has 0 spiro atoms. The number of hydrogen-bond donors (Lipinski definition) is 4. The molecule has 1 amide bonds. The second-order valence-electron chi connectivity index (χ2n) is 9.79. The number of halogens is 1. The normalized spacial score (nSPS) is 15.9. The van der Waals surface area contributed by atoms with Gasteiger partial charge in [-0.15, -0.1) is 0 Å². The highest BCUT2D eigenvalue weighted by molar-refractivity contribution is 5.94.